The second-order valence-electron chi connectivity index (χ2n) is 4.87. The summed E-state index contributed by atoms with van der Waals surface area (Å²) in [4.78, 5) is 16.0. The number of ether oxygens (including phenoxy) is 1. The highest BCUT2D eigenvalue weighted by Gasteiger charge is 2.20. The fraction of sp³-hybridized carbons (Fsp3) is 0.375. The topological polar surface area (TPSA) is 81.9 Å². The van der Waals surface area contributed by atoms with Crippen molar-refractivity contribution in [3.8, 4) is 23.7 Å². The van der Waals surface area contributed by atoms with E-state index in [9.17, 15) is 4.79 Å². The number of hydrogen-bond acceptors (Lipinski definition) is 6. The van der Waals surface area contributed by atoms with E-state index in [0.29, 0.717) is 24.1 Å². The second-order valence-corrected chi connectivity index (χ2v) is 6.18. The minimum Gasteiger partial charge on any atom is -0.383 e. The predicted octanol–water partition coefficient (Wildman–Crippen LogP) is 1.22. The number of carbonyl (C=O) groups is 1. The molecule has 1 unspecified atom stereocenters. The van der Waals surface area contributed by atoms with Crippen LogP contribution in [0.15, 0.2) is 29.7 Å². The lowest BCUT2D eigenvalue weighted by Crippen LogP contribution is -2.31. The van der Waals surface area contributed by atoms with E-state index in [4.69, 9.17) is 11.2 Å². The van der Waals surface area contributed by atoms with Gasteiger partial charge in [0.15, 0.2) is 11.0 Å². The second kappa shape index (κ2) is 9.05. The molecule has 1 amide bonds. The molecule has 126 valence electrons. The molecular formula is C16H19N5O2S. The van der Waals surface area contributed by atoms with Crippen LogP contribution in [0.5, 0.6) is 0 Å². The standard InChI is InChI=1S/C16H19N5O2S/c1-4-7-18-15(22)12(2)24-16-20-19-14(21(16)10-11-23-3)13-5-8-17-9-6-13/h1,5-6,8-9,12H,7,10-11H2,2-3H3,(H,18,22). The maximum absolute atomic E-state index is 12.0. The highest BCUT2D eigenvalue weighted by atomic mass is 32.2. The third-order valence-corrected chi connectivity index (χ3v) is 4.27. The smallest absolute Gasteiger partial charge is 0.234 e. The van der Waals surface area contributed by atoms with Crippen molar-refractivity contribution in [2.24, 2.45) is 0 Å². The van der Waals surface area contributed by atoms with Gasteiger partial charge in [0.05, 0.1) is 24.9 Å². The van der Waals surface area contributed by atoms with Crippen molar-refractivity contribution in [1.29, 1.82) is 0 Å². The van der Waals surface area contributed by atoms with E-state index in [1.54, 1.807) is 26.4 Å². The quantitative estimate of drug-likeness (QED) is 0.572. The number of nitrogens with one attached hydrogen (secondary N) is 1. The summed E-state index contributed by atoms with van der Waals surface area (Å²) in [5.74, 6) is 2.97. The molecule has 1 atom stereocenters. The maximum atomic E-state index is 12.0. The minimum absolute atomic E-state index is 0.135. The Morgan fingerprint density at radius 1 is 1.46 bits per heavy atom. The maximum Gasteiger partial charge on any atom is 0.234 e. The number of carbonyl (C=O) groups excluding carboxylic acids is 1. The first-order chi connectivity index (χ1) is 11.7. The van der Waals surface area contributed by atoms with E-state index in [0.717, 1.165) is 5.56 Å². The zero-order chi connectivity index (χ0) is 17.4. The molecule has 2 heterocycles. The Labute approximate surface area is 145 Å². The van der Waals surface area contributed by atoms with Crippen LogP contribution in [0.25, 0.3) is 11.4 Å². The third kappa shape index (κ3) is 4.57. The molecule has 0 saturated heterocycles. The summed E-state index contributed by atoms with van der Waals surface area (Å²) < 4.78 is 7.11. The lowest BCUT2D eigenvalue weighted by Gasteiger charge is -2.13. The van der Waals surface area contributed by atoms with Gasteiger partial charge in [0.2, 0.25) is 5.91 Å². The Morgan fingerprint density at radius 2 is 2.21 bits per heavy atom. The molecule has 0 aliphatic heterocycles. The number of terminal acetylenes is 1. The zero-order valence-corrected chi connectivity index (χ0v) is 14.4. The normalized spacial score (nSPS) is 11.7. The Kier molecular flexibility index (Phi) is 6.78. The number of aromatic nitrogens is 4. The molecule has 1 N–H and O–H groups in total. The average molecular weight is 345 g/mol. The predicted molar refractivity (Wildman–Crippen MR) is 92.3 cm³/mol. The van der Waals surface area contributed by atoms with Gasteiger partial charge in [0.25, 0.3) is 0 Å². The number of methoxy groups -OCH3 is 1. The largest absolute Gasteiger partial charge is 0.383 e. The molecule has 2 aromatic heterocycles. The molecule has 0 saturated carbocycles. The van der Waals surface area contributed by atoms with E-state index in [2.05, 4.69) is 26.4 Å². The van der Waals surface area contributed by atoms with Crippen LogP contribution in [0.3, 0.4) is 0 Å². The molecule has 0 radical (unpaired) electrons. The molecule has 0 spiro atoms. The van der Waals surface area contributed by atoms with Crippen LogP contribution in [0.1, 0.15) is 6.92 Å². The summed E-state index contributed by atoms with van der Waals surface area (Å²) in [6.45, 7) is 3.11. The van der Waals surface area contributed by atoms with Gasteiger partial charge in [0, 0.05) is 25.1 Å². The van der Waals surface area contributed by atoms with Crippen LogP contribution in [-0.4, -0.2) is 51.2 Å². The SMILES string of the molecule is C#CCNC(=O)C(C)Sc1nnc(-c2ccncc2)n1CCOC. The molecule has 8 heteroatoms. The van der Waals surface area contributed by atoms with E-state index in [-0.39, 0.29) is 17.7 Å². The van der Waals surface area contributed by atoms with Gasteiger partial charge in [0.1, 0.15) is 0 Å². The van der Waals surface area contributed by atoms with Gasteiger partial charge in [-0.05, 0) is 19.1 Å². The summed E-state index contributed by atoms with van der Waals surface area (Å²) >= 11 is 1.33. The van der Waals surface area contributed by atoms with Crippen LogP contribution in [0.2, 0.25) is 0 Å². The molecule has 0 aromatic carbocycles. The molecule has 0 aliphatic carbocycles. The van der Waals surface area contributed by atoms with Crippen molar-refractivity contribution < 1.29 is 9.53 Å². The van der Waals surface area contributed by atoms with Crippen LogP contribution in [0, 0.1) is 12.3 Å². The Morgan fingerprint density at radius 3 is 2.88 bits per heavy atom. The lowest BCUT2D eigenvalue weighted by atomic mass is 10.2. The van der Waals surface area contributed by atoms with Crippen molar-refractivity contribution >= 4 is 17.7 Å². The van der Waals surface area contributed by atoms with E-state index < -0.39 is 0 Å². The first kappa shape index (κ1) is 18.0. The molecule has 24 heavy (non-hydrogen) atoms. The van der Waals surface area contributed by atoms with Crippen LogP contribution >= 0.6 is 11.8 Å². The molecule has 0 fully saturated rings. The molecule has 7 nitrogen and oxygen atoms in total. The zero-order valence-electron chi connectivity index (χ0n) is 13.6. The number of hydrogen-bond donors (Lipinski definition) is 1. The highest BCUT2D eigenvalue weighted by molar-refractivity contribution is 8.00. The van der Waals surface area contributed by atoms with Crippen LogP contribution in [-0.2, 0) is 16.1 Å². The fourth-order valence-corrected chi connectivity index (χ4v) is 2.87. The Balaban J connectivity index is 2.22. The summed E-state index contributed by atoms with van der Waals surface area (Å²) in [6.07, 6.45) is 8.56. The van der Waals surface area contributed by atoms with Gasteiger partial charge in [-0.1, -0.05) is 17.7 Å². The fourth-order valence-electron chi connectivity index (χ4n) is 1.97. The lowest BCUT2D eigenvalue weighted by molar-refractivity contribution is -0.120. The Bertz CT molecular complexity index is 711. The molecule has 0 aliphatic rings. The molecule has 0 bridgehead atoms. The van der Waals surface area contributed by atoms with Gasteiger partial charge in [-0.3, -0.25) is 14.3 Å². The number of thioether (sulfide) groups is 1. The van der Waals surface area contributed by atoms with Crippen LogP contribution in [0.4, 0.5) is 0 Å². The molecular weight excluding hydrogens is 326 g/mol. The van der Waals surface area contributed by atoms with E-state index in [1.165, 1.54) is 11.8 Å². The van der Waals surface area contributed by atoms with Crippen molar-refractivity contribution in [1.82, 2.24) is 25.1 Å². The van der Waals surface area contributed by atoms with Crippen LogP contribution < -0.4 is 5.32 Å². The Hall–Kier alpha value is -2.37. The number of rotatable bonds is 8. The van der Waals surface area contributed by atoms with Crippen molar-refractivity contribution in [2.75, 3.05) is 20.3 Å². The summed E-state index contributed by atoms with van der Waals surface area (Å²) in [5, 5.41) is 11.5. The van der Waals surface area contributed by atoms with Crippen molar-refractivity contribution in [3.05, 3.63) is 24.5 Å². The molecule has 2 aromatic rings. The van der Waals surface area contributed by atoms with Crippen molar-refractivity contribution in [3.63, 3.8) is 0 Å². The number of pyridine rings is 1. The average Bonchev–Trinajstić information content (AvgIpc) is 3.00. The molecule has 2 rings (SSSR count). The van der Waals surface area contributed by atoms with Gasteiger partial charge >= 0.3 is 0 Å². The van der Waals surface area contributed by atoms with Gasteiger partial charge in [-0.25, -0.2) is 0 Å². The summed E-state index contributed by atoms with van der Waals surface area (Å²) in [6, 6.07) is 3.73. The van der Waals surface area contributed by atoms with Crippen molar-refractivity contribution in [2.45, 2.75) is 23.9 Å². The summed E-state index contributed by atoms with van der Waals surface area (Å²) in [7, 11) is 1.64. The first-order valence-corrected chi connectivity index (χ1v) is 8.25. The van der Waals surface area contributed by atoms with Gasteiger partial charge in [-0.2, -0.15) is 0 Å². The highest BCUT2D eigenvalue weighted by Crippen LogP contribution is 2.26. The minimum atomic E-state index is -0.339. The number of nitrogens with zero attached hydrogens (tertiary/aromatic N) is 4. The third-order valence-electron chi connectivity index (χ3n) is 3.19. The van der Waals surface area contributed by atoms with E-state index in [1.807, 2.05) is 16.7 Å². The summed E-state index contributed by atoms with van der Waals surface area (Å²) in [5.41, 5.74) is 0.907. The van der Waals surface area contributed by atoms with Gasteiger partial charge < -0.3 is 10.1 Å². The number of amides is 1. The first-order valence-electron chi connectivity index (χ1n) is 7.37. The monoisotopic (exact) mass is 345 g/mol. The van der Waals surface area contributed by atoms with E-state index >= 15 is 0 Å². The van der Waals surface area contributed by atoms with Gasteiger partial charge in [-0.15, -0.1) is 16.6 Å².